The molecule has 1 fully saturated rings. The van der Waals surface area contributed by atoms with E-state index < -0.39 is 17.7 Å². The molecular weight excluding hydrogens is 208 g/mol. The molecule has 0 radical (unpaired) electrons. The summed E-state index contributed by atoms with van der Waals surface area (Å²) < 4.78 is 27.1. The number of rotatable bonds is 2. The van der Waals surface area contributed by atoms with Crippen molar-refractivity contribution in [2.75, 3.05) is 0 Å². The highest BCUT2D eigenvalue weighted by Gasteiger charge is 2.49. The zero-order chi connectivity index (χ0) is 12.1. The van der Waals surface area contributed by atoms with Crippen LogP contribution < -0.4 is 5.73 Å². The molecule has 0 amide bonds. The lowest BCUT2D eigenvalue weighted by Crippen LogP contribution is -2.17. The summed E-state index contributed by atoms with van der Waals surface area (Å²) in [6.07, 6.45) is 0.975. The van der Waals surface area contributed by atoms with Crippen LogP contribution in [0.15, 0.2) is 12.1 Å². The predicted octanol–water partition coefficient (Wildman–Crippen LogP) is 3.32. The maximum atomic E-state index is 13.7. The van der Waals surface area contributed by atoms with Crippen LogP contribution in [-0.4, -0.2) is 0 Å². The highest BCUT2D eigenvalue weighted by Crippen LogP contribution is 2.57. The van der Waals surface area contributed by atoms with Crippen LogP contribution in [0.3, 0.4) is 0 Å². The monoisotopic (exact) mass is 225 g/mol. The van der Waals surface area contributed by atoms with Crippen LogP contribution >= 0.6 is 0 Å². The van der Waals surface area contributed by atoms with E-state index in [9.17, 15) is 8.78 Å². The van der Waals surface area contributed by atoms with Crippen molar-refractivity contribution in [2.45, 2.75) is 33.2 Å². The second-order valence-corrected chi connectivity index (χ2v) is 5.42. The van der Waals surface area contributed by atoms with E-state index in [0.717, 1.165) is 6.42 Å². The SMILES string of the molecule is Cc1ccc(C(N)C2CC2(C)C)c(F)c1F. The molecule has 0 heterocycles. The quantitative estimate of drug-likeness (QED) is 0.821. The summed E-state index contributed by atoms with van der Waals surface area (Å²) in [7, 11) is 0. The summed E-state index contributed by atoms with van der Waals surface area (Å²) in [4.78, 5) is 0. The van der Waals surface area contributed by atoms with E-state index >= 15 is 0 Å². The molecule has 2 atom stereocenters. The number of hydrogen-bond donors (Lipinski definition) is 1. The molecule has 16 heavy (non-hydrogen) atoms. The number of aryl methyl sites for hydroxylation is 1. The third-order valence-corrected chi connectivity index (χ3v) is 3.69. The molecule has 2 rings (SSSR count). The number of hydrogen-bond acceptors (Lipinski definition) is 1. The van der Waals surface area contributed by atoms with Crippen LogP contribution in [-0.2, 0) is 0 Å². The Morgan fingerprint density at radius 1 is 1.31 bits per heavy atom. The van der Waals surface area contributed by atoms with Crippen molar-refractivity contribution in [1.29, 1.82) is 0 Å². The van der Waals surface area contributed by atoms with Gasteiger partial charge in [-0.1, -0.05) is 26.0 Å². The zero-order valence-electron chi connectivity index (χ0n) is 9.85. The first kappa shape index (κ1) is 11.5. The fourth-order valence-corrected chi connectivity index (χ4v) is 2.26. The van der Waals surface area contributed by atoms with Crippen molar-refractivity contribution in [3.8, 4) is 0 Å². The molecule has 3 heteroatoms. The predicted molar refractivity (Wildman–Crippen MR) is 59.9 cm³/mol. The van der Waals surface area contributed by atoms with Gasteiger partial charge in [0.15, 0.2) is 11.6 Å². The van der Waals surface area contributed by atoms with E-state index in [0.29, 0.717) is 11.1 Å². The molecule has 1 aromatic rings. The summed E-state index contributed by atoms with van der Waals surface area (Å²) in [5.74, 6) is -1.30. The Balaban J connectivity index is 2.32. The average Bonchev–Trinajstić information content (AvgIpc) is 2.84. The summed E-state index contributed by atoms with van der Waals surface area (Å²) in [6.45, 7) is 5.74. The Hall–Kier alpha value is -0.960. The fourth-order valence-electron chi connectivity index (χ4n) is 2.26. The van der Waals surface area contributed by atoms with E-state index in [1.54, 1.807) is 19.1 Å². The largest absolute Gasteiger partial charge is 0.324 e. The molecule has 0 aliphatic heterocycles. The Morgan fingerprint density at radius 3 is 2.38 bits per heavy atom. The van der Waals surface area contributed by atoms with E-state index in [-0.39, 0.29) is 11.3 Å². The lowest BCUT2D eigenvalue weighted by Gasteiger charge is -2.15. The lowest BCUT2D eigenvalue weighted by atomic mass is 9.96. The minimum absolute atomic E-state index is 0.160. The Morgan fingerprint density at radius 2 is 1.88 bits per heavy atom. The van der Waals surface area contributed by atoms with Crippen molar-refractivity contribution >= 4 is 0 Å². The van der Waals surface area contributed by atoms with Gasteiger partial charge >= 0.3 is 0 Å². The summed E-state index contributed by atoms with van der Waals surface area (Å²) >= 11 is 0. The topological polar surface area (TPSA) is 26.0 Å². The van der Waals surface area contributed by atoms with E-state index in [1.165, 1.54) is 0 Å². The first-order valence-electron chi connectivity index (χ1n) is 5.54. The van der Waals surface area contributed by atoms with E-state index in [1.807, 2.05) is 0 Å². The van der Waals surface area contributed by atoms with Crippen LogP contribution in [0, 0.1) is 29.9 Å². The van der Waals surface area contributed by atoms with Gasteiger partial charge in [0.2, 0.25) is 0 Å². The van der Waals surface area contributed by atoms with Gasteiger partial charge in [-0.2, -0.15) is 0 Å². The fraction of sp³-hybridized carbons (Fsp3) is 0.538. The molecule has 1 aliphatic carbocycles. The van der Waals surface area contributed by atoms with Gasteiger partial charge in [-0.05, 0) is 30.2 Å². The second kappa shape index (κ2) is 3.52. The molecule has 2 unspecified atom stereocenters. The number of nitrogens with two attached hydrogens (primary N) is 1. The zero-order valence-corrected chi connectivity index (χ0v) is 9.85. The molecule has 1 saturated carbocycles. The normalized spacial score (nSPS) is 24.2. The summed E-state index contributed by atoms with van der Waals surface area (Å²) in [5, 5.41) is 0. The van der Waals surface area contributed by atoms with Crippen LogP contribution in [0.5, 0.6) is 0 Å². The van der Waals surface area contributed by atoms with Gasteiger partial charge in [0.05, 0.1) is 0 Å². The molecule has 88 valence electrons. The van der Waals surface area contributed by atoms with Crippen molar-refractivity contribution in [3.63, 3.8) is 0 Å². The van der Waals surface area contributed by atoms with Crippen molar-refractivity contribution in [2.24, 2.45) is 17.1 Å². The first-order chi connectivity index (χ1) is 7.34. The van der Waals surface area contributed by atoms with Crippen LogP contribution in [0.1, 0.15) is 37.4 Å². The highest BCUT2D eigenvalue weighted by atomic mass is 19.2. The number of benzene rings is 1. The minimum atomic E-state index is -0.782. The Bertz CT molecular complexity index is 426. The summed E-state index contributed by atoms with van der Waals surface area (Å²) in [6, 6.07) is 2.79. The van der Waals surface area contributed by atoms with Crippen LogP contribution in [0.4, 0.5) is 8.78 Å². The molecule has 0 bridgehead atoms. The molecule has 1 aromatic carbocycles. The lowest BCUT2D eigenvalue weighted by molar-refractivity contribution is 0.448. The highest BCUT2D eigenvalue weighted by molar-refractivity contribution is 5.29. The van der Waals surface area contributed by atoms with Crippen LogP contribution in [0.2, 0.25) is 0 Å². The van der Waals surface area contributed by atoms with Gasteiger partial charge in [-0.15, -0.1) is 0 Å². The van der Waals surface area contributed by atoms with Gasteiger partial charge in [0.1, 0.15) is 0 Å². The molecule has 1 aliphatic rings. The first-order valence-corrected chi connectivity index (χ1v) is 5.54. The molecular formula is C13H17F2N. The van der Waals surface area contributed by atoms with Crippen molar-refractivity contribution in [1.82, 2.24) is 0 Å². The third kappa shape index (κ3) is 1.73. The van der Waals surface area contributed by atoms with Crippen molar-refractivity contribution in [3.05, 3.63) is 34.9 Å². The van der Waals surface area contributed by atoms with E-state index in [4.69, 9.17) is 5.73 Å². The molecule has 0 aromatic heterocycles. The molecule has 1 nitrogen and oxygen atoms in total. The third-order valence-electron chi connectivity index (χ3n) is 3.69. The van der Waals surface area contributed by atoms with Gasteiger partial charge < -0.3 is 5.73 Å². The Labute approximate surface area is 94.7 Å². The molecule has 2 N–H and O–H groups in total. The maximum Gasteiger partial charge on any atom is 0.163 e. The standard InChI is InChI=1S/C13H17F2N/c1-7-4-5-8(11(15)10(7)14)12(16)9-6-13(9,2)3/h4-5,9,12H,6,16H2,1-3H3. The van der Waals surface area contributed by atoms with Gasteiger partial charge in [0.25, 0.3) is 0 Å². The smallest absolute Gasteiger partial charge is 0.163 e. The molecule has 0 saturated heterocycles. The summed E-state index contributed by atoms with van der Waals surface area (Å²) in [5.41, 5.74) is 6.78. The average molecular weight is 225 g/mol. The second-order valence-electron chi connectivity index (χ2n) is 5.42. The van der Waals surface area contributed by atoms with Gasteiger partial charge in [-0.3, -0.25) is 0 Å². The minimum Gasteiger partial charge on any atom is -0.324 e. The van der Waals surface area contributed by atoms with Gasteiger partial charge in [0, 0.05) is 11.6 Å². The Kier molecular flexibility index (Phi) is 2.54. The van der Waals surface area contributed by atoms with E-state index in [2.05, 4.69) is 13.8 Å². The maximum absolute atomic E-state index is 13.7. The van der Waals surface area contributed by atoms with Crippen molar-refractivity contribution < 1.29 is 8.78 Å². The number of halogens is 2. The van der Waals surface area contributed by atoms with Gasteiger partial charge in [-0.25, -0.2) is 8.78 Å². The van der Waals surface area contributed by atoms with Crippen LogP contribution in [0.25, 0.3) is 0 Å². The molecule has 0 spiro atoms.